The fourth-order valence-corrected chi connectivity index (χ4v) is 0.577. The van der Waals surface area contributed by atoms with Gasteiger partial charge in [0.2, 0.25) is 6.17 Å². The summed E-state index contributed by atoms with van der Waals surface area (Å²) in [6.07, 6.45) is 0.334. The summed E-state index contributed by atoms with van der Waals surface area (Å²) in [4.78, 5) is 17.0. The molecule has 0 aliphatic rings. The molecule has 0 fully saturated rings. The van der Waals surface area contributed by atoms with Crippen LogP contribution in [0.2, 0.25) is 0 Å². The predicted octanol–water partition coefficient (Wildman–Crippen LogP) is 0.572. The third kappa shape index (κ3) is 1.70. The molecule has 0 amide bonds. The zero-order chi connectivity index (χ0) is 8.27. The first-order valence-corrected chi connectivity index (χ1v) is 2.84. The molecule has 1 unspecified atom stereocenters. The van der Waals surface area contributed by atoms with Crippen LogP contribution in [0.3, 0.4) is 0 Å². The highest BCUT2D eigenvalue weighted by Gasteiger charge is 2.18. The maximum atomic E-state index is 12.6. The van der Waals surface area contributed by atoms with E-state index in [-0.39, 0.29) is 5.69 Å². The molecule has 0 saturated heterocycles. The molecule has 58 valence electrons. The van der Waals surface area contributed by atoms with Crippen molar-refractivity contribution in [3.63, 3.8) is 0 Å². The first-order chi connectivity index (χ1) is 5.22. The predicted molar refractivity (Wildman–Crippen MR) is 33.5 cm³/mol. The molecular weight excluding hydrogens is 151 g/mol. The fraction of sp³-hybridized carbons (Fsp3) is 0.167. The number of aromatic nitrogens is 2. The summed E-state index contributed by atoms with van der Waals surface area (Å²) < 4.78 is 12.6. The van der Waals surface area contributed by atoms with Gasteiger partial charge in [0.05, 0.1) is 5.69 Å². The monoisotopic (exact) mass is 156 g/mol. The molecule has 1 atom stereocenters. The van der Waals surface area contributed by atoms with Crippen molar-refractivity contribution in [2.24, 2.45) is 0 Å². The largest absolute Gasteiger partial charge is 0.479 e. The third-order valence-corrected chi connectivity index (χ3v) is 1.08. The maximum Gasteiger partial charge on any atom is 0.344 e. The van der Waals surface area contributed by atoms with E-state index in [2.05, 4.69) is 9.97 Å². The molecule has 1 rings (SSSR count). The van der Waals surface area contributed by atoms with Gasteiger partial charge in [-0.1, -0.05) is 0 Å². The van der Waals surface area contributed by atoms with Crippen LogP contribution in [0.4, 0.5) is 4.39 Å². The van der Waals surface area contributed by atoms with E-state index in [1.165, 1.54) is 12.3 Å². The SMILES string of the molecule is O=C(O)C(F)c1ccncn1. The van der Waals surface area contributed by atoms with Crippen molar-refractivity contribution in [3.05, 3.63) is 24.3 Å². The molecule has 1 heterocycles. The number of hydrogen-bond donors (Lipinski definition) is 1. The fourth-order valence-electron chi connectivity index (χ4n) is 0.577. The molecule has 1 aromatic heterocycles. The van der Waals surface area contributed by atoms with Gasteiger partial charge in [0.1, 0.15) is 6.33 Å². The minimum Gasteiger partial charge on any atom is -0.479 e. The van der Waals surface area contributed by atoms with Crippen LogP contribution in [0.5, 0.6) is 0 Å². The van der Waals surface area contributed by atoms with E-state index in [0.29, 0.717) is 0 Å². The average molecular weight is 156 g/mol. The Morgan fingerprint density at radius 2 is 2.45 bits per heavy atom. The standard InChI is InChI=1S/C6H5FN2O2/c7-5(6(10)11)4-1-2-8-3-9-4/h1-3,5H,(H,10,11). The average Bonchev–Trinajstić information content (AvgIpc) is 2.05. The number of alkyl halides is 1. The highest BCUT2D eigenvalue weighted by Crippen LogP contribution is 2.12. The molecule has 1 N–H and O–H groups in total. The summed E-state index contributed by atoms with van der Waals surface area (Å²) in [7, 11) is 0. The van der Waals surface area contributed by atoms with Crippen molar-refractivity contribution in [1.82, 2.24) is 9.97 Å². The number of carboxylic acid groups (broad SMARTS) is 1. The molecule has 5 heteroatoms. The van der Waals surface area contributed by atoms with E-state index in [9.17, 15) is 9.18 Å². The van der Waals surface area contributed by atoms with Crippen molar-refractivity contribution >= 4 is 5.97 Å². The molecule has 0 aromatic carbocycles. The smallest absolute Gasteiger partial charge is 0.344 e. The summed E-state index contributed by atoms with van der Waals surface area (Å²) in [5.74, 6) is -1.54. The summed E-state index contributed by atoms with van der Waals surface area (Å²) in [6.45, 7) is 0. The van der Waals surface area contributed by atoms with Crippen LogP contribution in [0, 0.1) is 0 Å². The van der Waals surface area contributed by atoms with Crippen LogP contribution >= 0.6 is 0 Å². The van der Waals surface area contributed by atoms with Crippen molar-refractivity contribution < 1.29 is 14.3 Å². The van der Waals surface area contributed by atoms with Crippen LogP contribution < -0.4 is 0 Å². The first-order valence-electron chi connectivity index (χ1n) is 2.84. The minimum absolute atomic E-state index is 0.132. The Kier molecular flexibility index (Phi) is 2.10. The zero-order valence-electron chi connectivity index (χ0n) is 5.44. The van der Waals surface area contributed by atoms with E-state index >= 15 is 0 Å². The molecule has 4 nitrogen and oxygen atoms in total. The second kappa shape index (κ2) is 3.05. The van der Waals surface area contributed by atoms with Crippen molar-refractivity contribution in [3.8, 4) is 0 Å². The highest BCUT2D eigenvalue weighted by atomic mass is 19.1. The number of nitrogens with zero attached hydrogens (tertiary/aromatic N) is 2. The minimum atomic E-state index is -2.06. The number of carboxylic acids is 1. The summed E-state index contributed by atoms with van der Waals surface area (Å²) >= 11 is 0. The van der Waals surface area contributed by atoms with E-state index in [4.69, 9.17) is 5.11 Å². The first kappa shape index (κ1) is 7.59. The molecule has 0 radical (unpaired) electrons. The quantitative estimate of drug-likeness (QED) is 0.679. The van der Waals surface area contributed by atoms with Gasteiger partial charge in [-0.2, -0.15) is 0 Å². The van der Waals surface area contributed by atoms with Crippen LogP contribution in [-0.2, 0) is 4.79 Å². The van der Waals surface area contributed by atoms with E-state index < -0.39 is 12.1 Å². The number of rotatable bonds is 2. The van der Waals surface area contributed by atoms with Gasteiger partial charge in [0.25, 0.3) is 0 Å². The zero-order valence-corrected chi connectivity index (χ0v) is 5.44. The van der Waals surface area contributed by atoms with Crippen LogP contribution in [0.25, 0.3) is 0 Å². The van der Waals surface area contributed by atoms with E-state index in [1.807, 2.05) is 0 Å². The van der Waals surface area contributed by atoms with Crippen molar-refractivity contribution in [1.29, 1.82) is 0 Å². The Balaban J connectivity index is 2.85. The topological polar surface area (TPSA) is 63.1 Å². The molecule has 0 saturated carbocycles. The molecular formula is C6H5FN2O2. The summed E-state index contributed by atoms with van der Waals surface area (Å²) in [5, 5.41) is 8.20. The molecule has 0 spiro atoms. The van der Waals surface area contributed by atoms with Gasteiger partial charge in [-0.3, -0.25) is 0 Å². The van der Waals surface area contributed by atoms with Crippen LogP contribution in [0.1, 0.15) is 11.9 Å². The Hall–Kier alpha value is -1.52. The number of carbonyl (C=O) groups is 1. The van der Waals surface area contributed by atoms with Gasteiger partial charge in [0, 0.05) is 6.20 Å². The van der Waals surface area contributed by atoms with E-state index in [0.717, 1.165) is 6.33 Å². The van der Waals surface area contributed by atoms with Gasteiger partial charge in [0.15, 0.2) is 0 Å². The van der Waals surface area contributed by atoms with Crippen molar-refractivity contribution in [2.75, 3.05) is 0 Å². The lowest BCUT2D eigenvalue weighted by Gasteiger charge is -1.98. The summed E-state index contributed by atoms with van der Waals surface area (Å²) in [5.41, 5.74) is -0.132. The summed E-state index contributed by atoms with van der Waals surface area (Å²) in [6, 6.07) is 1.22. The maximum absolute atomic E-state index is 12.6. The van der Waals surface area contributed by atoms with Crippen LogP contribution in [0.15, 0.2) is 18.6 Å². The van der Waals surface area contributed by atoms with Gasteiger partial charge < -0.3 is 5.11 Å². The number of hydrogen-bond acceptors (Lipinski definition) is 3. The lowest BCUT2D eigenvalue weighted by atomic mass is 10.3. The molecule has 11 heavy (non-hydrogen) atoms. The number of aliphatic carboxylic acids is 1. The normalized spacial score (nSPS) is 12.5. The molecule has 0 bridgehead atoms. The molecule has 1 aromatic rings. The Bertz CT molecular complexity index is 252. The van der Waals surface area contributed by atoms with Gasteiger partial charge in [-0.25, -0.2) is 19.2 Å². The Labute approximate surface area is 61.7 Å². The molecule has 0 aliphatic carbocycles. The lowest BCUT2D eigenvalue weighted by Crippen LogP contribution is -2.07. The van der Waals surface area contributed by atoms with Crippen LogP contribution in [-0.4, -0.2) is 21.0 Å². The second-order valence-corrected chi connectivity index (χ2v) is 1.84. The lowest BCUT2D eigenvalue weighted by molar-refractivity contribution is -0.143. The van der Waals surface area contributed by atoms with Gasteiger partial charge >= 0.3 is 5.97 Å². The van der Waals surface area contributed by atoms with E-state index in [1.54, 1.807) is 0 Å². The third-order valence-electron chi connectivity index (χ3n) is 1.08. The Morgan fingerprint density at radius 1 is 1.73 bits per heavy atom. The Morgan fingerprint density at radius 3 is 2.91 bits per heavy atom. The second-order valence-electron chi connectivity index (χ2n) is 1.84. The molecule has 0 aliphatic heterocycles. The van der Waals surface area contributed by atoms with Crippen molar-refractivity contribution in [2.45, 2.75) is 6.17 Å². The number of halogens is 1. The highest BCUT2D eigenvalue weighted by molar-refractivity contribution is 5.73. The van der Waals surface area contributed by atoms with Gasteiger partial charge in [-0.15, -0.1) is 0 Å². The van der Waals surface area contributed by atoms with Gasteiger partial charge in [-0.05, 0) is 6.07 Å².